The highest BCUT2D eigenvalue weighted by Gasteiger charge is 2.08. The summed E-state index contributed by atoms with van der Waals surface area (Å²) in [5.74, 6) is -0.0654. The predicted octanol–water partition coefficient (Wildman–Crippen LogP) is -1.14. The van der Waals surface area contributed by atoms with E-state index >= 15 is 0 Å². The quantitative estimate of drug-likeness (QED) is 0.547. The fourth-order valence-electron chi connectivity index (χ4n) is 1.44. The molecule has 0 radical (unpaired) electrons. The molecule has 0 spiro atoms. The van der Waals surface area contributed by atoms with Crippen LogP contribution in [0.15, 0.2) is 30.9 Å². The number of aliphatic hydroxyl groups is 1. The smallest absolute Gasteiger partial charge is 0.197 e. The number of aliphatic hydroxyl groups excluding tert-OH is 1. The van der Waals surface area contributed by atoms with Gasteiger partial charge in [0.1, 0.15) is 16.3 Å². The van der Waals surface area contributed by atoms with E-state index in [2.05, 4.69) is 15.1 Å². The highest BCUT2D eigenvalue weighted by atomic mass is 32.2. The van der Waals surface area contributed by atoms with Gasteiger partial charge < -0.3 is 9.66 Å². The van der Waals surface area contributed by atoms with Gasteiger partial charge in [0.2, 0.25) is 0 Å². The van der Waals surface area contributed by atoms with Crippen molar-refractivity contribution in [2.45, 2.75) is 13.2 Å². The average Bonchev–Trinajstić information content (AvgIpc) is 2.45. The Labute approximate surface area is 115 Å². The molecule has 0 aliphatic rings. The van der Waals surface area contributed by atoms with Gasteiger partial charge in [0.15, 0.2) is 18.6 Å². The normalized spacial score (nSPS) is 11.5. The zero-order chi connectivity index (χ0) is 14.6. The lowest BCUT2D eigenvalue weighted by Crippen LogP contribution is -2.40. The molecule has 2 aromatic heterocycles. The van der Waals surface area contributed by atoms with Gasteiger partial charge in [-0.3, -0.25) is 0 Å². The molecule has 0 aliphatic heterocycles. The molecule has 2 aromatic rings. The lowest BCUT2D eigenvalue weighted by molar-refractivity contribution is -0.750. The molecule has 8 nitrogen and oxygen atoms in total. The molecule has 9 heteroatoms. The zero-order valence-corrected chi connectivity index (χ0v) is 11.2. The van der Waals surface area contributed by atoms with Crippen molar-refractivity contribution in [1.82, 2.24) is 15.1 Å². The Morgan fingerprint density at radius 1 is 1.25 bits per heavy atom. The van der Waals surface area contributed by atoms with Crippen LogP contribution >= 0.6 is 0 Å². The molecule has 20 heavy (non-hydrogen) atoms. The molecular weight excluding hydrogens is 284 g/mol. The van der Waals surface area contributed by atoms with Gasteiger partial charge >= 0.3 is 0 Å². The third-order valence-electron chi connectivity index (χ3n) is 2.49. The first-order chi connectivity index (χ1) is 9.48. The van der Waals surface area contributed by atoms with Crippen molar-refractivity contribution in [2.24, 2.45) is 0 Å². The second-order valence-corrected chi connectivity index (χ2v) is 5.54. The molecule has 0 aliphatic carbocycles. The number of nitrogens with zero attached hydrogens (tertiary/aromatic N) is 4. The minimum absolute atomic E-state index is 0.00355. The number of hydrogen-bond donors (Lipinski definition) is 1. The van der Waals surface area contributed by atoms with Gasteiger partial charge in [-0.05, 0) is 5.10 Å². The van der Waals surface area contributed by atoms with E-state index in [0.717, 1.165) is 0 Å². The SMILES string of the molecule is O=S(=O)([O-])CC[n+]1ccc(-c2ncc(CO)cn2)cn1. The minimum Gasteiger partial charge on any atom is -0.748 e. The lowest BCUT2D eigenvalue weighted by atomic mass is 10.3. The summed E-state index contributed by atoms with van der Waals surface area (Å²) in [5, 5.41) is 12.9. The van der Waals surface area contributed by atoms with Gasteiger partial charge in [0.05, 0.1) is 12.4 Å². The first kappa shape index (κ1) is 14.4. The zero-order valence-electron chi connectivity index (χ0n) is 10.4. The van der Waals surface area contributed by atoms with Crippen LogP contribution < -0.4 is 4.68 Å². The Balaban J connectivity index is 2.10. The fraction of sp³-hybridized carbons (Fsp3) is 0.273. The largest absolute Gasteiger partial charge is 0.748 e. The topological polar surface area (TPSA) is 120 Å². The predicted molar refractivity (Wildman–Crippen MR) is 65.9 cm³/mol. The lowest BCUT2D eigenvalue weighted by Gasteiger charge is -2.02. The van der Waals surface area contributed by atoms with Crippen molar-refractivity contribution in [3.8, 4) is 11.4 Å². The third-order valence-corrected chi connectivity index (χ3v) is 3.17. The van der Waals surface area contributed by atoms with E-state index in [1.807, 2.05) is 0 Å². The molecule has 0 bridgehead atoms. The maximum absolute atomic E-state index is 10.5. The Morgan fingerprint density at radius 3 is 2.45 bits per heavy atom. The van der Waals surface area contributed by atoms with Gasteiger partial charge in [-0.1, -0.05) is 4.68 Å². The molecule has 2 heterocycles. The summed E-state index contributed by atoms with van der Waals surface area (Å²) >= 11 is 0. The Kier molecular flexibility index (Phi) is 4.32. The van der Waals surface area contributed by atoms with Crippen LogP contribution in [0, 0.1) is 0 Å². The summed E-state index contributed by atoms with van der Waals surface area (Å²) in [5.41, 5.74) is 1.25. The van der Waals surface area contributed by atoms with Crippen molar-refractivity contribution >= 4 is 10.1 Å². The summed E-state index contributed by atoms with van der Waals surface area (Å²) in [6, 6.07) is 1.67. The Hall–Kier alpha value is -1.97. The summed E-state index contributed by atoms with van der Waals surface area (Å²) < 4.78 is 32.9. The molecule has 0 amide bonds. The van der Waals surface area contributed by atoms with E-state index in [4.69, 9.17) is 5.11 Å². The average molecular weight is 296 g/mol. The molecule has 0 atom stereocenters. The molecule has 106 valence electrons. The van der Waals surface area contributed by atoms with Crippen molar-refractivity contribution in [3.05, 3.63) is 36.4 Å². The highest BCUT2D eigenvalue weighted by molar-refractivity contribution is 7.85. The van der Waals surface area contributed by atoms with Gasteiger partial charge in [0.25, 0.3) is 0 Å². The van der Waals surface area contributed by atoms with Crippen LogP contribution in [0.1, 0.15) is 5.56 Å². The van der Waals surface area contributed by atoms with Crippen LogP contribution in [0.25, 0.3) is 11.4 Å². The van der Waals surface area contributed by atoms with E-state index in [-0.39, 0.29) is 13.2 Å². The maximum atomic E-state index is 10.5. The maximum Gasteiger partial charge on any atom is 0.197 e. The van der Waals surface area contributed by atoms with E-state index in [1.54, 1.807) is 12.3 Å². The first-order valence-corrected chi connectivity index (χ1v) is 7.27. The van der Waals surface area contributed by atoms with Crippen LogP contribution in [0.5, 0.6) is 0 Å². The molecule has 0 fully saturated rings. The van der Waals surface area contributed by atoms with Gasteiger partial charge in [0, 0.05) is 29.6 Å². The van der Waals surface area contributed by atoms with Crippen molar-refractivity contribution in [2.75, 3.05) is 5.75 Å². The van der Waals surface area contributed by atoms with Crippen LogP contribution in [0.3, 0.4) is 0 Å². The Bertz CT molecular complexity index is 671. The van der Waals surface area contributed by atoms with Crippen molar-refractivity contribution < 1.29 is 22.8 Å². The number of aryl methyl sites for hydroxylation is 1. The summed E-state index contributed by atoms with van der Waals surface area (Å²) in [6.07, 6.45) is 6.04. The standard InChI is InChI=1S/C11H12N4O4S/c16-8-9-5-12-11(13-6-9)10-1-2-15(14-7-10)3-4-20(17,18)19/h1-2,5-7,16H,3-4,8H2. The molecule has 0 unspecified atom stereocenters. The van der Waals surface area contributed by atoms with Gasteiger partial charge in [-0.25, -0.2) is 18.4 Å². The molecule has 0 aromatic carbocycles. The monoisotopic (exact) mass is 296 g/mol. The van der Waals surface area contributed by atoms with Gasteiger partial charge in [-0.15, -0.1) is 0 Å². The summed E-state index contributed by atoms with van der Waals surface area (Å²) in [6.45, 7) is -0.132. The van der Waals surface area contributed by atoms with Crippen LogP contribution in [-0.2, 0) is 23.3 Å². The number of hydrogen-bond acceptors (Lipinski definition) is 7. The second-order valence-electron chi connectivity index (χ2n) is 4.01. The number of aromatic nitrogens is 4. The van der Waals surface area contributed by atoms with Crippen LogP contribution in [-0.4, -0.2) is 38.9 Å². The Morgan fingerprint density at radius 2 is 1.95 bits per heavy atom. The highest BCUT2D eigenvalue weighted by Crippen LogP contribution is 2.10. The molecule has 2 rings (SSSR count). The van der Waals surface area contributed by atoms with E-state index in [9.17, 15) is 13.0 Å². The van der Waals surface area contributed by atoms with E-state index in [0.29, 0.717) is 17.0 Å². The van der Waals surface area contributed by atoms with Crippen molar-refractivity contribution in [1.29, 1.82) is 0 Å². The second kappa shape index (κ2) is 5.99. The number of rotatable bonds is 5. The van der Waals surface area contributed by atoms with E-state index < -0.39 is 15.9 Å². The first-order valence-electron chi connectivity index (χ1n) is 5.69. The molecule has 0 saturated heterocycles. The fourth-order valence-corrected chi connectivity index (χ4v) is 1.85. The molecule has 1 N–H and O–H groups in total. The summed E-state index contributed by atoms with van der Waals surface area (Å²) in [4.78, 5) is 8.14. The minimum atomic E-state index is -4.25. The van der Waals surface area contributed by atoms with Crippen molar-refractivity contribution in [3.63, 3.8) is 0 Å². The van der Waals surface area contributed by atoms with E-state index in [1.165, 1.54) is 23.3 Å². The third kappa shape index (κ3) is 4.02. The molecular formula is C11H12N4O4S. The summed E-state index contributed by atoms with van der Waals surface area (Å²) in [7, 11) is -4.25. The van der Waals surface area contributed by atoms with Crippen LogP contribution in [0.2, 0.25) is 0 Å². The van der Waals surface area contributed by atoms with Crippen LogP contribution in [0.4, 0.5) is 0 Å². The van der Waals surface area contributed by atoms with Gasteiger partial charge in [-0.2, -0.15) is 0 Å². The molecule has 0 saturated carbocycles.